The van der Waals surface area contributed by atoms with Gasteiger partial charge in [0.1, 0.15) is 5.75 Å². The van der Waals surface area contributed by atoms with Crippen molar-refractivity contribution in [3.05, 3.63) is 65.2 Å². The molecule has 0 unspecified atom stereocenters. The first-order chi connectivity index (χ1) is 11.7. The Kier molecular flexibility index (Phi) is 5.49. The van der Waals surface area contributed by atoms with E-state index in [0.717, 1.165) is 36.3 Å². The predicted molar refractivity (Wildman–Crippen MR) is 93.3 cm³/mol. The second-order valence-corrected chi connectivity index (χ2v) is 6.24. The van der Waals surface area contributed by atoms with Gasteiger partial charge >= 0.3 is 5.97 Å². The van der Waals surface area contributed by atoms with E-state index in [1.165, 1.54) is 12.8 Å². The highest BCUT2D eigenvalue weighted by Crippen LogP contribution is 2.26. The average Bonchev–Trinajstić information content (AvgIpc) is 3.10. The summed E-state index contributed by atoms with van der Waals surface area (Å²) in [7, 11) is 0. The average molecular weight is 325 g/mol. The molecule has 0 heterocycles. The number of para-hydroxylation sites is 1. The van der Waals surface area contributed by atoms with E-state index in [2.05, 4.69) is 11.4 Å². The third-order valence-electron chi connectivity index (χ3n) is 4.41. The summed E-state index contributed by atoms with van der Waals surface area (Å²) in [5.41, 5.74) is 2.54. The molecule has 3 rings (SSSR count). The molecule has 4 nitrogen and oxygen atoms in total. The molecular weight excluding hydrogens is 302 g/mol. The van der Waals surface area contributed by atoms with Crippen LogP contribution in [0.3, 0.4) is 0 Å². The van der Waals surface area contributed by atoms with Gasteiger partial charge in [-0.1, -0.05) is 30.3 Å². The molecule has 24 heavy (non-hydrogen) atoms. The zero-order valence-electron chi connectivity index (χ0n) is 13.7. The lowest BCUT2D eigenvalue weighted by Gasteiger charge is -2.17. The van der Waals surface area contributed by atoms with Gasteiger partial charge in [-0.2, -0.15) is 0 Å². The maximum atomic E-state index is 10.9. The number of hydrogen-bond donors (Lipinski definition) is 2. The topological polar surface area (TPSA) is 58.6 Å². The van der Waals surface area contributed by atoms with E-state index in [1.807, 2.05) is 30.3 Å². The number of nitrogens with one attached hydrogen (secondary N) is 1. The first-order valence-electron chi connectivity index (χ1n) is 8.50. The molecule has 2 N–H and O–H groups in total. The van der Waals surface area contributed by atoms with Crippen molar-refractivity contribution in [1.29, 1.82) is 0 Å². The minimum Gasteiger partial charge on any atom is -0.490 e. The van der Waals surface area contributed by atoms with E-state index in [1.54, 1.807) is 12.1 Å². The van der Waals surface area contributed by atoms with Gasteiger partial charge in [-0.25, -0.2) is 4.79 Å². The molecule has 126 valence electrons. The largest absolute Gasteiger partial charge is 0.490 e. The van der Waals surface area contributed by atoms with Crippen LogP contribution < -0.4 is 10.1 Å². The predicted octanol–water partition coefficient (Wildman–Crippen LogP) is 4.00. The SMILES string of the molecule is O=C(O)c1ccc(CNCc2ccccc2OC2CCCC2)cc1. The van der Waals surface area contributed by atoms with Gasteiger partial charge in [0.05, 0.1) is 11.7 Å². The van der Waals surface area contributed by atoms with Crippen LogP contribution in [0, 0.1) is 0 Å². The number of rotatable bonds is 7. The summed E-state index contributed by atoms with van der Waals surface area (Å²) in [6.07, 6.45) is 5.18. The van der Waals surface area contributed by atoms with Crippen LogP contribution in [0.4, 0.5) is 0 Å². The standard InChI is InChI=1S/C20H23NO3/c22-20(23)16-11-9-15(10-12-16)13-21-14-17-5-1-4-8-19(17)24-18-6-2-3-7-18/h1,4-5,8-12,18,21H,2-3,6-7,13-14H2,(H,22,23). The molecule has 0 saturated heterocycles. The fraction of sp³-hybridized carbons (Fsp3) is 0.350. The summed E-state index contributed by atoms with van der Waals surface area (Å²) in [6, 6.07) is 15.1. The molecule has 0 atom stereocenters. The zero-order chi connectivity index (χ0) is 16.8. The highest BCUT2D eigenvalue weighted by Gasteiger charge is 2.17. The lowest BCUT2D eigenvalue weighted by Crippen LogP contribution is -2.16. The summed E-state index contributed by atoms with van der Waals surface area (Å²) in [4.78, 5) is 10.9. The lowest BCUT2D eigenvalue weighted by atomic mass is 10.1. The van der Waals surface area contributed by atoms with Crippen molar-refractivity contribution in [1.82, 2.24) is 5.32 Å². The Hall–Kier alpha value is -2.33. The Morgan fingerprint density at radius 1 is 1.04 bits per heavy atom. The molecule has 0 bridgehead atoms. The smallest absolute Gasteiger partial charge is 0.335 e. The minimum absolute atomic E-state index is 0.314. The molecule has 0 aromatic heterocycles. The van der Waals surface area contributed by atoms with Gasteiger partial charge in [0, 0.05) is 18.7 Å². The third kappa shape index (κ3) is 4.36. The molecule has 1 aliphatic rings. The maximum absolute atomic E-state index is 10.9. The van der Waals surface area contributed by atoms with Crippen LogP contribution in [0.25, 0.3) is 0 Å². The first-order valence-corrected chi connectivity index (χ1v) is 8.50. The Labute approximate surface area is 142 Å². The molecular formula is C20H23NO3. The number of carboxylic acid groups (broad SMARTS) is 1. The highest BCUT2D eigenvalue weighted by molar-refractivity contribution is 5.87. The van der Waals surface area contributed by atoms with Gasteiger partial charge in [-0.05, 0) is 49.4 Å². The minimum atomic E-state index is -0.896. The molecule has 2 aromatic rings. The molecule has 1 aliphatic carbocycles. The Balaban J connectivity index is 1.55. The quantitative estimate of drug-likeness (QED) is 0.808. The lowest BCUT2D eigenvalue weighted by molar-refractivity contribution is 0.0697. The maximum Gasteiger partial charge on any atom is 0.335 e. The molecule has 4 heteroatoms. The second-order valence-electron chi connectivity index (χ2n) is 6.24. The van der Waals surface area contributed by atoms with Crippen LogP contribution in [0.15, 0.2) is 48.5 Å². The van der Waals surface area contributed by atoms with Crippen molar-refractivity contribution in [2.45, 2.75) is 44.9 Å². The van der Waals surface area contributed by atoms with Crippen LogP contribution >= 0.6 is 0 Å². The van der Waals surface area contributed by atoms with Crippen LogP contribution in [-0.2, 0) is 13.1 Å². The zero-order valence-corrected chi connectivity index (χ0v) is 13.7. The second kappa shape index (κ2) is 7.97. The van der Waals surface area contributed by atoms with Crippen LogP contribution in [0.2, 0.25) is 0 Å². The van der Waals surface area contributed by atoms with E-state index < -0.39 is 5.97 Å². The Morgan fingerprint density at radius 2 is 1.75 bits per heavy atom. The van der Waals surface area contributed by atoms with Crippen molar-refractivity contribution in [3.8, 4) is 5.75 Å². The highest BCUT2D eigenvalue weighted by atomic mass is 16.5. The summed E-state index contributed by atoms with van der Waals surface area (Å²) >= 11 is 0. The number of aromatic carboxylic acids is 1. The third-order valence-corrected chi connectivity index (χ3v) is 4.41. The normalized spacial score (nSPS) is 14.7. The molecule has 0 radical (unpaired) electrons. The number of ether oxygens (including phenoxy) is 1. The Morgan fingerprint density at radius 3 is 2.46 bits per heavy atom. The number of benzene rings is 2. The summed E-state index contributed by atoms with van der Waals surface area (Å²) in [5.74, 6) is 0.0747. The van der Waals surface area contributed by atoms with E-state index >= 15 is 0 Å². The summed E-state index contributed by atoms with van der Waals surface area (Å²) in [6.45, 7) is 1.42. The van der Waals surface area contributed by atoms with Gasteiger partial charge in [0.2, 0.25) is 0 Å². The van der Waals surface area contributed by atoms with Crippen LogP contribution in [-0.4, -0.2) is 17.2 Å². The van der Waals surface area contributed by atoms with Crippen LogP contribution in [0.1, 0.15) is 47.2 Å². The molecule has 0 amide bonds. The summed E-state index contributed by atoms with van der Waals surface area (Å²) < 4.78 is 6.15. The number of carboxylic acids is 1. The molecule has 0 spiro atoms. The van der Waals surface area contributed by atoms with E-state index in [4.69, 9.17) is 9.84 Å². The van der Waals surface area contributed by atoms with E-state index in [0.29, 0.717) is 18.2 Å². The molecule has 1 fully saturated rings. The number of carbonyl (C=O) groups is 1. The molecule has 0 aliphatic heterocycles. The van der Waals surface area contributed by atoms with Crippen LogP contribution in [0.5, 0.6) is 5.75 Å². The van der Waals surface area contributed by atoms with Crippen molar-refractivity contribution in [2.75, 3.05) is 0 Å². The van der Waals surface area contributed by atoms with Gasteiger partial charge in [-0.3, -0.25) is 0 Å². The summed E-state index contributed by atoms with van der Waals surface area (Å²) in [5, 5.41) is 12.3. The number of hydrogen-bond acceptors (Lipinski definition) is 3. The van der Waals surface area contributed by atoms with Gasteiger partial charge in [0.25, 0.3) is 0 Å². The van der Waals surface area contributed by atoms with Gasteiger partial charge < -0.3 is 15.2 Å². The van der Waals surface area contributed by atoms with E-state index in [-0.39, 0.29) is 0 Å². The Bertz CT molecular complexity index is 676. The van der Waals surface area contributed by atoms with Crippen molar-refractivity contribution in [3.63, 3.8) is 0 Å². The van der Waals surface area contributed by atoms with Crippen molar-refractivity contribution in [2.24, 2.45) is 0 Å². The fourth-order valence-electron chi connectivity index (χ4n) is 3.06. The van der Waals surface area contributed by atoms with Crippen molar-refractivity contribution < 1.29 is 14.6 Å². The molecule has 2 aromatic carbocycles. The van der Waals surface area contributed by atoms with Gasteiger partial charge in [-0.15, -0.1) is 0 Å². The van der Waals surface area contributed by atoms with E-state index in [9.17, 15) is 4.79 Å². The fourth-order valence-corrected chi connectivity index (χ4v) is 3.06. The monoisotopic (exact) mass is 325 g/mol. The van der Waals surface area contributed by atoms with Crippen molar-refractivity contribution >= 4 is 5.97 Å². The van der Waals surface area contributed by atoms with Gasteiger partial charge in [0.15, 0.2) is 0 Å². The molecule has 1 saturated carbocycles. The first kappa shape index (κ1) is 16.5.